The van der Waals surface area contributed by atoms with Crippen molar-refractivity contribution in [2.24, 2.45) is 5.92 Å². The van der Waals surface area contributed by atoms with Crippen molar-refractivity contribution >= 4 is 0 Å². The van der Waals surface area contributed by atoms with Crippen LogP contribution in [0.5, 0.6) is 0 Å². The number of rotatable bonds is 6. The summed E-state index contributed by atoms with van der Waals surface area (Å²) in [5, 5.41) is 2.90. The number of hydrogen-bond donors (Lipinski definition) is 1. The van der Waals surface area contributed by atoms with Crippen molar-refractivity contribution in [1.82, 2.24) is 5.32 Å². The number of alkyl halides is 3. The lowest BCUT2D eigenvalue weighted by atomic mass is 9.88. The Balaban J connectivity index is 2.45. The van der Waals surface area contributed by atoms with E-state index in [1.165, 1.54) is 5.56 Å². The van der Waals surface area contributed by atoms with Gasteiger partial charge in [-0.05, 0) is 17.4 Å². The molecule has 1 N–H and O–H groups in total. The van der Waals surface area contributed by atoms with E-state index < -0.39 is 12.6 Å². The molecule has 0 aliphatic rings. The maximum Gasteiger partial charge on any atom is 0.390 e. The zero-order valence-electron chi connectivity index (χ0n) is 10.8. The van der Waals surface area contributed by atoms with E-state index in [4.69, 9.17) is 0 Å². The van der Waals surface area contributed by atoms with E-state index >= 15 is 0 Å². The monoisotopic (exact) mass is 259 g/mol. The average molecular weight is 259 g/mol. The van der Waals surface area contributed by atoms with E-state index in [0.29, 0.717) is 12.5 Å². The molecule has 18 heavy (non-hydrogen) atoms. The van der Waals surface area contributed by atoms with Crippen molar-refractivity contribution in [1.29, 1.82) is 0 Å². The summed E-state index contributed by atoms with van der Waals surface area (Å²) in [7, 11) is 0. The molecule has 0 radical (unpaired) electrons. The molecule has 0 saturated heterocycles. The molecule has 1 rings (SSSR count). The third-order valence-electron chi connectivity index (χ3n) is 2.98. The van der Waals surface area contributed by atoms with Gasteiger partial charge in [0, 0.05) is 13.1 Å². The van der Waals surface area contributed by atoms with E-state index in [-0.39, 0.29) is 12.5 Å². The Morgan fingerprint density at radius 2 is 1.72 bits per heavy atom. The van der Waals surface area contributed by atoms with Crippen LogP contribution in [0.3, 0.4) is 0 Å². The first-order chi connectivity index (χ1) is 8.40. The minimum absolute atomic E-state index is 0.0143. The van der Waals surface area contributed by atoms with Crippen LogP contribution in [0.4, 0.5) is 13.2 Å². The van der Waals surface area contributed by atoms with Crippen LogP contribution in [0.2, 0.25) is 0 Å². The van der Waals surface area contributed by atoms with Gasteiger partial charge in [-0.15, -0.1) is 0 Å². The summed E-state index contributed by atoms with van der Waals surface area (Å²) in [6, 6.07) is 9.91. The molecular formula is C14H20F3N. The third-order valence-corrected chi connectivity index (χ3v) is 2.98. The van der Waals surface area contributed by atoms with Gasteiger partial charge >= 0.3 is 6.18 Å². The Bertz CT molecular complexity index is 333. The second kappa shape index (κ2) is 6.78. The Hall–Kier alpha value is -1.03. The topological polar surface area (TPSA) is 12.0 Å². The first-order valence-electron chi connectivity index (χ1n) is 6.22. The van der Waals surface area contributed by atoms with Crippen molar-refractivity contribution in [2.75, 3.05) is 13.1 Å². The number of hydrogen-bond acceptors (Lipinski definition) is 1. The predicted molar refractivity (Wildman–Crippen MR) is 67.6 cm³/mol. The van der Waals surface area contributed by atoms with Crippen LogP contribution in [0.25, 0.3) is 0 Å². The van der Waals surface area contributed by atoms with Crippen LogP contribution >= 0.6 is 0 Å². The van der Waals surface area contributed by atoms with Gasteiger partial charge in [0.2, 0.25) is 0 Å². The largest absolute Gasteiger partial charge is 0.390 e. The predicted octanol–water partition coefficient (Wildman–Crippen LogP) is 3.97. The molecule has 0 fully saturated rings. The summed E-state index contributed by atoms with van der Waals surface area (Å²) in [6.07, 6.45) is -4.85. The van der Waals surface area contributed by atoms with Crippen LogP contribution < -0.4 is 5.32 Å². The van der Waals surface area contributed by atoms with E-state index in [2.05, 4.69) is 19.2 Å². The van der Waals surface area contributed by atoms with Crippen LogP contribution in [0, 0.1) is 5.92 Å². The molecule has 1 atom stereocenters. The van der Waals surface area contributed by atoms with Gasteiger partial charge in [-0.2, -0.15) is 13.2 Å². The molecule has 1 aromatic rings. The number of nitrogens with one attached hydrogen (secondary N) is 1. The highest BCUT2D eigenvalue weighted by atomic mass is 19.4. The highest BCUT2D eigenvalue weighted by molar-refractivity contribution is 5.20. The molecular weight excluding hydrogens is 239 g/mol. The van der Waals surface area contributed by atoms with Gasteiger partial charge < -0.3 is 5.32 Å². The highest BCUT2D eigenvalue weighted by Gasteiger charge is 2.26. The van der Waals surface area contributed by atoms with Crippen molar-refractivity contribution in [3.63, 3.8) is 0 Å². The zero-order valence-corrected chi connectivity index (χ0v) is 10.8. The Morgan fingerprint density at radius 3 is 2.22 bits per heavy atom. The second-order valence-corrected chi connectivity index (χ2v) is 4.83. The minimum atomic E-state index is -4.08. The molecule has 0 aromatic heterocycles. The molecule has 1 unspecified atom stereocenters. The number of benzene rings is 1. The molecule has 0 aliphatic heterocycles. The van der Waals surface area contributed by atoms with Crippen molar-refractivity contribution in [3.8, 4) is 0 Å². The Labute approximate surface area is 106 Å². The van der Waals surface area contributed by atoms with Gasteiger partial charge in [-0.1, -0.05) is 44.2 Å². The minimum Gasteiger partial charge on any atom is -0.316 e. The fourth-order valence-electron chi connectivity index (χ4n) is 1.93. The van der Waals surface area contributed by atoms with Gasteiger partial charge in [0.25, 0.3) is 0 Å². The molecule has 0 bridgehead atoms. The molecule has 1 aromatic carbocycles. The number of halogens is 3. The van der Waals surface area contributed by atoms with Crippen molar-refractivity contribution in [3.05, 3.63) is 35.9 Å². The Kier molecular flexibility index (Phi) is 5.66. The van der Waals surface area contributed by atoms with Gasteiger partial charge in [-0.25, -0.2) is 0 Å². The Morgan fingerprint density at radius 1 is 1.11 bits per heavy atom. The second-order valence-electron chi connectivity index (χ2n) is 4.83. The fourth-order valence-corrected chi connectivity index (χ4v) is 1.93. The van der Waals surface area contributed by atoms with Gasteiger partial charge in [0.1, 0.15) is 0 Å². The van der Waals surface area contributed by atoms with Crippen molar-refractivity contribution in [2.45, 2.75) is 32.4 Å². The smallest absolute Gasteiger partial charge is 0.316 e. The van der Waals surface area contributed by atoms with E-state index in [1.807, 2.05) is 30.3 Å². The SMILES string of the molecule is CC(C)C(CNCCC(F)(F)F)c1ccccc1. The van der Waals surface area contributed by atoms with Gasteiger partial charge in [0.15, 0.2) is 0 Å². The lowest BCUT2D eigenvalue weighted by Gasteiger charge is -2.22. The molecule has 0 saturated carbocycles. The zero-order chi connectivity index (χ0) is 13.6. The van der Waals surface area contributed by atoms with Crippen LogP contribution in [0.15, 0.2) is 30.3 Å². The molecule has 0 heterocycles. The van der Waals surface area contributed by atoms with Crippen LogP contribution in [-0.2, 0) is 0 Å². The quantitative estimate of drug-likeness (QED) is 0.762. The maximum absolute atomic E-state index is 12.0. The van der Waals surface area contributed by atoms with Gasteiger partial charge in [0.05, 0.1) is 6.42 Å². The molecule has 1 nitrogen and oxygen atoms in total. The lowest BCUT2D eigenvalue weighted by molar-refractivity contribution is -0.133. The van der Waals surface area contributed by atoms with E-state index in [1.54, 1.807) is 0 Å². The lowest BCUT2D eigenvalue weighted by Crippen LogP contribution is -2.28. The van der Waals surface area contributed by atoms with Crippen LogP contribution in [0.1, 0.15) is 31.7 Å². The molecule has 4 heteroatoms. The normalized spacial score (nSPS) is 13.9. The maximum atomic E-state index is 12.0. The summed E-state index contributed by atoms with van der Waals surface area (Å²) < 4.78 is 36.1. The standard InChI is InChI=1S/C14H20F3N/c1-11(2)13(12-6-4-3-5-7-12)10-18-9-8-14(15,16)17/h3-7,11,13,18H,8-10H2,1-2H3. The first-order valence-corrected chi connectivity index (χ1v) is 6.22. The van der Waals surface area contributed by atoms with E-state index in [9.17, 15) is 13.2 Å². The molecule has 0 amide bonds. The molecule has 0 spiro atoms. The summed E-state index contributed by atoms with van der Waals surface area (Å²) in [6.45, 7) is 4.74. The summed E-state index contributed by atoms with van der Waals surface area (Å²) in [5.74, 6) is 0.644. The average Bonchev–Trinajstić information content (AvgIpc) is 2.28. The first kappa shape index (κ1) is 15.0. The highest BCUT2D eigenvalue weighted by Crippen LogP contribution is 2.23. The third kappa shape index (κ3) is 5.54. The van der Waals surface area contributed by atoms with Crippen LogP contribution in [-0.4, -0.2) is 19.3 Å². The van der Waals surface area contributed by atoms with Crippen molar-refractivity contribution < 1.29 is 13.2 Å². The summed E-state index contributed by atoms with van der Waals surface area (Å²) in [5.41, 5.74) is 1.17. The van der Waals surface area contributed by atoms with Gasteiger partial charge in [-0.3, -0.25) is 0 Å². The summed E-state index contributed by atoms with van der Waals surface area (Å²) >= 11 is 0. The van der Waals surface area contributed by atoms with E-state index in [0.717, 1.165) is 0 Å². The fraction of sp³-hybridized carbons (Fsp3) is 0.571. The molecule has 0 aliphatic carbocycles. The summed E-state index contributed by atoms with van der Waals surface area (Å²) in [4.78, 5) is 0. The molecule has 102 valence electrons.